The predicted molar refractivity (Wildman–Crippen MR) is 111 cm³/mol. The lowest BCUT2D eigenvalue weighted by molar-refractivity contribution is -0.119. The summed E-state index contributed by atoms with van der Waals surface area (Å²) in [6.07, 6.45) is 4.29. The van der Waals surface area contributed by atoms with Crippen LogP contribution in [-0.2, 0) is 26.1 Å². The molecular formula is C20H24N4O5S. The number of ether oxygens (including phenoxy) is 1. The molecule has 1 aromatic carbocycles. The van der Waals surface area contributed by atoms with Crippen LogP contribution in [0.5, 0.6) is 0 Å². The van der Waals surface area contributed by atoms with E-state index in [1.165, 1.54) is 12.1 Å². The van der Waals surface area contributed by atoms with E-state index in [2.05, 4.69) is 10.3 Å². The number of nitrogens with zero attached hydrogens (tertiary/aromatic N) is 3. The number of benzene rings is 1. The summed E-state index contributed by atoms with van der Waals surface area (Å²) in [4.78, 5) is 30.5. The van der Waals surface area contributed by atoms with Gasteiger partial charge in [-0.3, -0.25) is 18.9 Å². The number of rotatable bonds is 7. The summed E-state index contributed by atoms with van der Waals surface area (Å²) in [6, 6.07) is 9.76. The van der Waals surface area contributed by atoms with Gasteiger partial charge in [0.15, 0.2) is 0 Å². The van der Waals surface area contributed by atoms with Gasteiger partial charge in [0.1, 0.15) is 6.54 Å². The van der Waals surface area contributed by atoms with E-state index in [1.807, 2.05) is 6.07 Å². The fourth-order valence-electron chi connectivity index (χ4n) is 3.01. The van der Waals surface area contributed by atoms with Gasteiger partial charge in [0.25, 0.3) is 5.91 Å². The summed E-state index contributed by atoms with van der Waals surface area (Å²) in [6.45, 7) is 1.92. The third-order valence-corrected chi connectivity index (χ3v) is 5.74. The quantitative estimate of drug-likeness (QED) is 0.688. The van der Waals surface area contributed by atoms with Crippen molar-refractivity contribution in [3.8, 4) is 0 Å². The number of hydrogen-bond acceptors (Lipinski definition) is 6. The van der Waals surface area contributed by atoms with Crippen molar-refractivity contribution in [3.05, 3.63) is 59.9 Å². The van der Waals surface area contributed by atoms with Crippen LogP contribution in [0.15, 0.2) is 48.8 Å². The Morgan fingerprint density at radius 2 is 1.87 bits per heavy atom. The van der Waals surface area contributed by atoms with Crippen molar-refractivity contribution >= 4 is 27.5 Å². The largest absolute Gasteiger partial charge is 0.378 e. The molecule has 0 atom stereocenters. The molecule has 1 N–H and O–H groups in total. The molecular weight excluding hydrogens is 408 g/mol. The molecule has 0 spiro atoms. The number of hydrogen-bond donors (Lipinski definition) is 1. The highest BCUT2D eigenvalue weighted by atomic mass is 32.2. The molecule has 1 aliphatic rings. The first-order chi connectivity index (χ1) is 14.3. The first-order valence-electron chi connectivity index (χ1n) is 9.45. The fraction of sp³-hybridized carbons (Fsp3) is 0.350. The van der Waals surface area contributed by atoms with Gasteiger partial charge in [0.2, 0.25) is 15.9 Å². The summed E-state index contributed by atoms with van der Waals surface area (Å²) in [5, 5.41) is 2.69. The average Bonchev–Trinajstić information content (AvgIpc) is 2.76. The predicted octanol–water partition coefficient (Wildman–Crippen LogP) is 0.636. The topological polar surface area (TPSA) is 109 Å². The van der Waals surface area contributed by atoms with Crippen molar-refractivity contribution in [2.24, 2.45) is 0 Å². The molecule has 0 bridgehead atoms. The van der Waals surface area contributed by atoms with Gasteiger partial charge < -0.3 is 15.0 Å². The molecule has 10 heteroatoms. The number of aromatic nitrogens is 1. The van der Waals surface area contributed by atoms with Crippen molar-refractivity contribution in [1.29, 1.82) is 0 Å². The third-order valence-electron chi connectivity index (χ3n) is 4.60. The Labute approximate surface area is 175 Å². The van der Waals surface area contributed by atoms with E-state index < -0.39 is 15.9 Å². The number of sulfonamides is 1. The van der Waals surface area contributed by atoms with Gasteiger partial charge in [-0.1, -0.05) is 6.07 Å². The number of carbonyl (C=O) groups is 2. The first kappa shape index (κ1) is 21.7. The van der Waals surface area contributed by atoms with Crippen molar-refractivity contribution in [3.63, 3.8) is 0 Å². The molecule has 30 heavy (non-hydrogen) atoms. The van der Waals surface area contributed by atoms with Gasteiger partial charge >= 0.3 is 0 Å². The van der Waals surface area contributed by atoms with Gasteiger partial charge in [0.05, 0.1) is 25.2 Å². The molecule has 9 nitrogen and oxygen atoms in total. The highest BCUT2D eigenvalue weighted by Crippen LogP contribution is 2.19. The van der Waals surface area contributed by atoms with Crippen molar-refractivity contribution < 1.29 is 22.7 Å². The molecule has 1 aliphatic heterocycles. The third kappa shape index (κ3) is 5.77. The lowest BCUT2D eigenvalue weighted by atomic mass is 10.1. The number of pyridine rings is 1. The van der Waals surface area contributed by atoms with E-state index in [0.29, 0.717) is 37.6 Å². The van der Waals surface area contributed by atoms with Crippen molar-refractivity contribution in [1.82, 2.24) is 15.2 Å². The molecule has 0 radical (unpaired) electrons. The summed E-state index contributed by atoms with van der Waals surface area (Å²) in [5.74, 6) is -0.581. The number of nitrogens with one attached hydrogen (secondary N) is 1. The Bertz CT molecular complexity index is 974. The van der Waals surface area contributed by atoms with E-state index in [9.17, 15) is 18.0 Å². The Morgan fingerprint density at radius 3 is 2.47 bits per heavy atom. The van der Waals surface area contributed by atoms with Crippen LogP contribution in [0.25, 0.3) is 0 Å². The molecule has 0 saturated carbocycles. The van der Waals surface area contributed by atoms with Gasteiger partial charge in [-0.05, 0) is 35.9 Å². The van der Waals surface area contributed by atoms with E-state index in [0.717, 1.165) is 16.1 Å². The molecule has 3 rings (SSSR count). The smallest absolute Gasteiger partial charge is 0.254 e. The van der Waals surface area contributed by atoms with Crippen molar-refractivity contribution in [2.45, 2.75) is 6.54 Å². The van der Waals surface area contributed by atoms with Gasteiger partial charge in [-0.25, -0.2) is 8.42 Å². The van der Waals surface area contributed by atoms with Crippen LogP contribution < -0.4 is 9.62 Å². The second-order valence-corrected chi connectivity index (χ2v) is 8.77. The molecule has 2 heterocycles. The zero-order chi connectivity index (χ0) is 21.6. The minimum absolute atomic E-state index is 0.134. The van der Waals surface area contributed by atoms with Gasteiger partial charge in [-0.2, -0.15) is 0 Å². The number of amides is 2. The van der Waals surface area contributed by atoms with Crippen LogP contribution in [0, 0.1) is 0 Å². The highest BCUT2D eigenvalue weighted by Gasteiger charge is 2.22. The van der Waals surface area contributed by atoms with Gasteiger partial charge in [-0.15, -0.1) is 0 Å². The summed E-state index contributed by atoms with van der Waals surface area (Å²) < 4.78 is 30.8. The molecule has 1 saturated heterocycles. The Hall–Kier alpha value is -2.98. The monoisotopic (exact) mass is 432 g/mol. The van der Waals surface area contributed by atoms with E-state index >= 15 is 0 Å². The van der Waals surface area contributed by atoms with Gasteiger partial charge in [0, 0.05) is 37.6 Å². The number of anilines is 1. The van der Waals surface area contributed by atoms with Crippen LogP contribution in [0.1, 0.15) is 15.9 Å². The molecule has 0 unspecified atom stereocenters. The summed E-state index contributed by atoms with van der Waals surface area (Å²) >= 11 is 0. The zero-order valence-corrected chi connectivity index (χ0v) is 17.5. The summed E-state index contributed by atoms with van der Waals surface area (Å²) in [5.41, 5.74) is 1.57. The molecule has 2 amide bonds. The lowest BCUT2D eigenvalue weighted by Gasteiger charge is -2.27. The van der Waals surface area contributed by atoms with Crippen LogP contribution in [0.4, 0.5) is 5.69 Å². The Morgan fingerprint density at radius 1 is 1.17 bits per heavy atom. The molecule has 160 valence electrons. The number of carbonyl (C=O) groups excluding carboxylic acids is 2. The molecule has 0 aliphatic carbocycles. The average molecular weight is 433 g/mol. The Kier molecular flexibility index (Phi) is 7.01. The zero-order valence-electron chi connectivity index (χ0n) is 16.7. The minimum atomic E-state index is -3.70. The minimum Gasteiger partial charge on any atom is -0.378 e. The van der Waals surface area contributed by atoms with Crippen molar-refractivity contribution in [2.75, 3.05) is 43.4 Å². The van der Waals surface area contributed by atoms with Crippen LogP contribution in [0.2, 0.25) is 0 Å². The SMILES string of the molecule is CS(=O)(=O)N(CC(=O)NCc1cccnc1)c1ccc(C(=O)N2CCOCC2)cc1. The van der Waals surface area contributed by atoms with E-state index in [1.54, 1.807) is 35.5 Å². The maximum atomic E-state index is 12.5. The summed E-state index contributed by atoms with van der Waals surface area (Å²) in [7, 11) is -3.70. The maximum absolute atomic E-state index is 12.5. The second kappa shape index (κ2) is 9.68. The first-order valence-corrected chi connectivity index (χ1v) is 11.3. The molecule has 1 aromatic heterocycles. The highest BCUT2D eigenvalue weighted by molar-refractivity contribution is 7.92. The second-order valence-electron chi connectivity index (χ2n) is 6.86. The Balaban J connectivity index is 1.67. The van der Waals surface area contributed by atoms with E-state index in [-0.39, 0.29) is 19.0 Å². The molecule has 2 aromatic rings. The van der Waals surface area contributed by atoms with Crippen LogP contribution >= 0.6 is 0 Å². The maximum Gasteiger partial charge on any atom is 0.254 e. The molecule has 1 fully saturated rings. The fourth-order valence-corrected chi connectivity index (χ4v) is 3.87. The number of morpholine rings is 1. The lowest BCUT2D eigenvalue weighted by Crippen LogP contribution is -2.41. The van der Waals surface area contributed by atoms with E-state index in [4.69, 9.17) is 4.74 Å². The standard InChI is InChI=1S/C20H24N4O5S/c1-30(27,28)24(15-19(25)22-14-16-3-2-8-21-13-16)18-6-4-17(5-7-18)20(26)23-9-11-29-12-10-23/h2-8,13H,9-12,14-15H2,1H3,(H,22,25). The van der Waals surface area contributed by atoms with Crippen LogP contribution in [0.3, 0.4) is 0 Å². The van der Waals surface area contributed by atoms with Crippen LogP contribution in [-0.4, -0.2) is 69.2 Å². The normalized spacial score (nSPS) is 14.2.